The summed E-state index contributed by atoms with van der Waals surface area (Å²) >= 11 is 0. The second-order valence-corrected chi connectivity index (χ2v) is 4.66. The first-order valence-electron chi connectivity index (χ1n) is 5.94. The van der Waals surface area contributed by atoms with Crippen LogP contribution in [0.4, 0.5) is 0 Å². The van der Waals surface area contributed by atoms with E-state index in [0.29, 0.717) is 12.1 Å². The minimum Gasteiger partial charge on any atom is -0.394 e. The van der Waals surface area contributed by atoms with Crippen LogP contribution in [0, 0.1) is 0 Å². The van der Waals surface area contributed by atoms with E-state index in [0.717, 1.165) is 0 Å². The van der Waals surface area contributed by atoms with Gasteiger partial charge < -0.3 is 25.6 Å². The van der Waals surface area contributed by atoms with Crippen LogP contribution >= 0.6 is 0 Å². The molecular formula is C10H16N6O3. The number of rotatable bonds is 2. The van der Waals surface area contributed by atoms with Crippen molar-refractivity contribution in [3.05, 3.63) is 11.5 Å². The van der Waals surface area contributed by atoms with E-state index in [2.05, 4.69) is 9.98 Å². The molecule has 9 heteroatoms. The second-order valence-electron chi connectivity index (χ2n) is 4.66. The standard InChI is InChI=1S/C10H16N6O3/c11-8-7-9(16(12)4-14-8)15(3-13-7)10-6(18)1-5(2-17)19-10/h3-6,9-10,17-18H,1-2,11-12H2/t5-,6+,9?,10+/m0/s1. The van der Waals surface area contributed by atoms with E-state index in [1.54, 1.807) is 4.90 Å². The Morgan fingerprint density at radius 1 is 1.42 bits per heavy atom. The summed E-state index contributed by atoms with van der Waals surface area (Å²) in [7, 11) is 0. The summed E-state index contributed by atoms with van der Waals surface area (Å²) in [6, 6.07) is 0. The lowest BCUT2D eigenvalue weighted by atomic mass is 10.2. The van der Waals surface area contributed by atoms with Crippen LogP contribution < -0.4 is 11.6 Å². The Bertz CT molecular complexity index is 464. The summed E-state index contributed by atoms with van der Waals surface area (Å²) in [6.07, 6.45) is 1.11. The lowest BCUT2D eigenvalue weighted by molar-refractivity contribution is -0.0870. The van der Waals surface area contributed by atoms with E-state index >= 15 is 0 Å². The first-order valence-corrected chi connectivity index (χ1v) is 5.94. The number of hydrazine groups is 1. The van der Waals surface area contributed by atoms with Crippen LogP contribution in [0.15, 0.2) is 21.5 Å². The summed E-state index contributed by atoms with van der Waals surface area (Å²) < 4.78 is 5.58. The van der Waals surface area contributed by atoms with Crippen molar-refractivity contribution in [3.8, 4) is 0 Å². The van der Waals surface area contributed by atoms with Crippen molar-refractivity contribution >= 4 is 12.7 Å². The van der Waals surface area contributed by atoms with Crippen LogP contribution in [-0.2, 0) is 4.74 Å². The van der Waals surface area contributed by atoms with Crippen molar-refractivity contribution in [1.82, 2.24) is 9.91 Å². The number of hydrogen-bond donors (Lipinski definition) is 4. The molecule has 1 unspecified atom stereocenters. The third-order valence-electron chi connectivity index (χ3n) is 3.40. The third kappa shape index (κ3) is 1.87. The number of aliphatic hydroxyl groups excluding tert-OH is 2. The van der Waals surface area contributed by atoms with Gasteiger partial charge in [0.05, 0.1) is 19.0 Å². The summed E-state index contributed by atoms with van der Waals surface area (Å²) in [5, 5.41) is 20.5. The van der Waals surface area contributed by atoms with Crippen molar-refractivity contribution in [2.75, 3.05) is 6.61 Å². The maximum Gasteiger partial charge on any atom is 0.167 e. The van der Waals surface area contributed by atoms with Crippen molar-refractivity contribution in [3.63, 3.8) is 0 Å². The van der Waals surface area contributed by atoms with Gasteiger partial charge in [0, 0.05) is 6.42 Å². The van der Waals surface area contributed by atoms with Gasteiger partial charge in [0.2, 0.25) is 0 Å². The average molecular weight is 268 g/mol. The number of nitrogens with zero attached hydrogens (tertiary/aromatic N) is 4. The van der Waals surface area contributed by atoms with E-state index in [4.69, 9.17) is 21.4 Å². The van der Waals surface area contributed by atoms with Crippen LogP contribution in [0.1, 0.15) is 6.42 Å². The molecule has 0 aromatic heterocycles. The molecule has 9 nitrogen and oxygen atoms in total. The van der Waals surface area contributed by atoms with E-state index in [-0.39, 0.29) is 18.5 Å². The fourth-order valence-electron chi connectivity index (χ4n) is 2.47. The Hall–Kier alpha value is -1.68. The monoisotopic (exact) mass is 268 g/mol. The van der Waals surface area contributed by atoms with Gasteiger partial charge in [-0.1, -0.05) is 0 Å². The largest absolute Gasteiger partial charge is 0.394 e. The van der Waals surface area contributed by atoms with Crippen LogP contribution in [0.25, 0.3) is 0 Å². The molecule has 104 valence electrons. The molecular weight excluding hydrogens is 252 g/mol. The summed E-state index contributed by atoms with van der Waals surface area (Å²) in [4.78, 5) is 9.76. The Labute approximate surface area is 109 Å². The van der Waals surface area contributed by atoms with E-state index in [1.165, 1.54) is 17.7 Å². The van der Waals surface area contributed by atoms with Gasteiger partial charge in [-0.2, -0.15) is 0 Å². The van der Waals surface area contributed by atoms with Gasteiger partial charge >= 0.3 is 0 Å². The Kier molecular flexibility index (Phi) is 2.90. The Morgan fingerprint density at radius 2 is 2.21 bits per heavy atom. The van der Waals surface area contributed by atoms with Gasteiger partial charge in [-0.3, -0.25) is 5.01 Å². The van der Waals surface area contributed by atoms with Gasteiger partial charge in [0.25, 0.3) is 0 Å². The van der Waals surface area contributed by atoms with Gasteiger partial charge in [0.1, 0.15) is 18.1 Å². The van der Waals surface area contributed by atoms with Crippen LogP contribution in [0.5, 0.6) is 0 Å². The minimum atomic E-state index is -0.726. The molecule has 4 atom stereocenters. The number of ether oxygens (including phenoxy) is 1. The van der Waals surface area contributed by atoms with Crippen LogP contribution in [0.3, 0.4) is 0 Å². The highest BCUT2D eigenvalue weighted by molar-refractivity contribution is 5.68. The predicted octanol–water partition coefficient (Wildman–Crippen LogP) is -2.53. The zero-order valence-electron chi connectivity index (χ0n) is 10.1. The highest BCUT2D eigenvalue weighted by Gasteiger charge is 2.44. The average Bonchev–Trinajstić information content (AvgIpc) is 2.97. The molecule has 0 radical (unpaired) electrons. The zero-order valence-corrected chi connectivity index (χ0v) is 10.1. The van der Waals surface area contributed by atoms with Gasteiger partial charge in [0.15, 0.2) is 18.2 Å². The number of nitrogens with two attached hydrogens (primary N) is 2. The molecule has 6 N–H and O–H groups in total. The van der Waals surface area contributed by atoms with Crippen molar-refractivity contribution in [1.29, 1.82) is 0 Å². The fraction of sp³-hybridized carbons (Fsp3) is 0.600. The summed E-state index contributed by atoms with van der Waals surface area (Å²) in [5.41, 5.74) is 6.27. The maximum absolute atomic E-state index is 10.0. The molecule has 1 fully saturated rings. The molecule has 1 saturated heterocycles. The van der Waals surface area contributed by atoms with Gasteiger partial charge in [-0.25, -0.2) is 15.8 Å². The summed E-state index contributed by atoms with van der Waals surface area (Å²) in [6.45, 7) is -0.137. The molecule has 3 aliphatic heterocycles. The topological polar surface area (TPSA) is 133 Å². The maximum atomic E-state index is 10.0. The number of hydrogen-bond acceptors (Lipinski definition) is 9. The Balaban J connectivity index is 1.84. The molecule has 0 spiro atoms. The van der Waals surface area contributed by atoms with Crippen molar-refractivity contribution in [2.24, 2.45) is 21.6 Å². The highest BCUT2D eigenvalue weighted by atomic mass is 16.5. The lowest BCUT2D eigenvalue weighted by Crippen LogP contribution is -2.56. The van der Waals surface area contributed by atoms with Crippen LogP contribution in [-0.4, -0.2) is 64.0 Å². The fourth-order valence-corrected chi connectivity index (χ4v) is 2.47. The van der Waals surface area contributed by atoms with Crippen molar-refractivity contribution < 1.29 is 14.9 Å². The SMILES string of the molecule is NC1=C2N=CN([C@@H]3O[C@H](CO)C[C@H]3O)C2N(N)C=N1. The molecule has 0 aliphatic carbocycles. The molecule has 3 rings (SSSR count). The van der Waals surface area contributed by atoms with Gasteiger partial charge in [-0.05, 0) is 0 Å². The molecule has 3 heterocycles. The van der Waals surface area contributed by atoms with E-state index in [9.17, 15) is 5.11 Å². The van der Waals surface area contributed by atoms with Crippen LogP contribution in [0.2, 0.25) is 0 Å². The first kappa shape index (κ1) is 12.4. The number of aliphatic hydroxyl groups is 2. The molecule has 3 aliphatic rings. The molecule has 0 aromatic rings. The molecule has 19 heavy (non-hydrogen) atoms. The molecule has 0 saturated carbocycles. The normalized spacial score (nSPS) is 37.4. The lowest BCUT2D eigenvalue weighted by Gasteiger charge is -2.36. The second kappa shape index (κ2) is 4.46. The molecule has 0 bridgehead atoms. The predicted molar refractivity (Wildman–Crippen MR) is 66.2 cm³/mol. The highest BCUT2D eigenvalue weighted by Crippen LogP contribution is 2.31. The van der Waals surface area contributed by atoms with Gasteiger partial charge in [-0.15, -0.1) is 0 Å². The number of fused-ring (bicyclic) bond motifs is 1. The number of aliphatic imine (C=N–C) groups is 2. The zero-order chi connectivity index (χ0) is 13.6. The van der Waals surface area contributed by atoms with E-state index < -0.39 is 18.5 Å². The first-order chi connectivity index (χ1) is 9.11. The quantitative estimate of drug-likeness (QED) is 0.406. The molecule has 0 amide bonds. The summed E-state index contributed by atoms with van der Waals surface area (Å²) in [5.74, 6) is 6.13. The molecule has 0 aromatic carbocycles. The third-order valence-corrected chi connectivity index (χ3v) is 3.40. The Morgan fingerprint density at radius 3 is 2.89 bits per heavy atom. The van der Waals surface area contributed by atoms with E-state index in [1.807, 2.05) is 0 Å². The smallest absolute Gasteiger partial charge is 0.167 e. The van der Waals surface area contributed by atoms with Crippen molar-refractivity contribution in [2.45, 2.75) is 31.0 Å². The minimum absolute atomic E-state index is 0.137.